The van der Waals surface area contributed by atoms with E-state index in [2.05, 4.69) is 48.5 Å². The SMILES string of the molecule is CCCCCCCCCC(=O)OC[C@H](COP(=O)(O)OC[C@H](O)COP(=O)(O)OC[C@@H](COC(=O)CCCCCCCCCCCCCCCCCC(C)C)OC(=O)CCCCCCCCCCCCCCCCCC(C)C)OC(=O)CCCCCCCCCCCCCCCCCC(C)C. The molecule has 0 radical (unpaired) electrons. The molecule has 0 aliphatic heterocycles. The molecule has 0 aliphatic rings. The molecule has 0 saturated carbocycles. The summed E-state index contributed by atoms with van der Waals surface area (Å²) in [5.74, 6) is 0.299. The van der Waals surface area contributed by atoms with Gasteiger partial charge in [0.2, 0.25) is 0 Å². The lowest BCUT2D eigenvalue weighted by Crippen LogP contribution is -2.30. The van der Waals surface area contributed by atoms with Crippen LogP contribution in [-0.2, 0) is 65.4 Å². The third-order valence-electron chi connectivity index (χ3n) is 19.1. The number of hydrogen-bond donors (Lipinski definition) is 3. The average Bonchev–Trinajstić information content (AvgIpc) is 0.966. The second-order valence-electron chi connectivity index (χ2n) is 30.9. The molecule has 0 aromatic rings. The van der Waals surface area contributed by atoms with Crippen LogP contribution >= 0.6 is 15.6 Å². The molecular weight excluding hydrogens is 1320 g/mol. The number of carbonyl (C=O) groups is 4. The van der Waals surface area contributed by atoms with Gasteiger partial charge in [-0.05, 0) is 43.4 Å². The van der Waals surface area contributed by atoms with E-state index in [1.807, 2.05) is 0 Å². The van der Waals surface area contributed by atoms with Gasteiger partial charge in [-0.3, -0.25) is 37.3 Å². The standard InChI is InChI=1S/C82H160O17P2/c1-8-9-10-11-39-49-56-63-79(84)92-69-77(98-81(86)65-58-51-44-37-31-25-19-13-16-22-28-34-41-47-54-61-74(4)5)71-96-100(88,89)94-67-76(83)68-95-101(90,91)97-72-78(99-82(87)66-59-52-45-38-32-26-20-14-17-23-29-35-42-48-55-62-75(6)7)70-93-80(85)64-57-50-43-36-30-24-18-12-15-21-27-33-40-46-53-60-73(2)3/h73-78,83H,8-72H2,1-7H3,(H,88,89)(H,90,91)/t76-,77+,78+/m0/s1. The highest BCUT2D eigenvalue weighted by atomic mass is 31.2. The van der Waals surface area contributed by atoms with Gasteiger partial charge in [0.05, 0.1) is 26.4 Å². The molecule has 600 valence electrons. The van der Waals surface area contributed by atoms with E-state index >= 15 is 0 Å². The summed E-state index contributed by atoms with van der Waals surface area (Å²) in [5, 5.41) is 10.6. The minimum Gasteiger partial charge on any atom is -0.462 e. The number of phosphoric ester groups is 2. The Bertz CT molecular complexity index is 1960. The van der Waals surface area contributed by atoms with E-state index in [1.54, 1.807) is 0 Å². The Morgan fingerprint density at radius 3 is 0.673 bits per heavy atom. The molecule has 2 unspecified atom stereocenters. The molecule has 0 aromatic carbocycles. The molecule has 19 heteroatoms. The third kappa shape index (κ3) is 76.1. The van der Waals surface area contributed by atoms with Gasteiger partial charge in [0.1, 0.15) is 19.3 Å². The van der Waals surface area contributed by atoms with Crippen LogP contribution in [-0.4, -0.2) is 96.7 Å². The fraction of sp³-hybridized carbons (Fsp3) is 0.951. The van der Waals surface area contributed by atoms with Crippen molar-refractivity contribution in [2.45, 2.75) is 446 Å². The Morgan fingerprint density at radius 2 is 0.455 bits per heavy atom. The first-order valence-electron chi connectivity index (χ1n) is 42.3. The van der Waals surface area contributed by atoms with Crippen molar-refractivity contribution in [1.82, 2.24) is 0 Å². The van der Waals surface area contributed by atoms with E-state index in [0.717, 1.165) is 120 Å². The van der Waals surface area contributed by atoms with Gasteiger partial charge in [0.25, 0.3) is 0 Å². The lowest BCUT2D eigenvalue weighted by atomic mass is 10.0. The molecule has 0 bridgehead atoms. The maximum Gasteiger partial charge on any atom is 0.472 e. The van der Waals surface area contributed by atoms with Crippen LogP contribution in [0.5, 0.6) is 0 Å². The van der Waals surface area contributed by atoms with Crippen LogP contribution < -0.4 is 0 Å². The summed E-state index contributed by atoms with van der Waals surface area (Å²) in [6.07, 6.45) is 61.2. The highest BCUT2D eigenvalue weighted by Crippen LogP contribution is 2.45. The molecule has 0 aromatic heterocycles. The second kappa shape index (κ2) is 72.3. The van der Waals surface area contributed by atoms with E-state index in [1.165, 1.54) is 225 Å². The largest absolute Gasteiger partial charge is 0.472 e. The fourth-order valence-electron chi connectivity index (χ4n) is 12.7. The van der Waals surface area contributed by atoms with E-state index in [-0.39, 0.29) is 25.7 Å². The van der Waals surface area contributed by atoms with Crippen LogP contribution in [0.1, 0.15) is 427 Å². The lowest BCUT2D eigenvalue weighted by Gasteiger charge is -2.21. The van der Waals surface area contributed by atoms with Crippen molar-refractivity contribution in [1.29, 1.82) is 0 Å². The van der Waals surface area contributed by atoms with Gasteiger partial charge in [-0.15, -0.1) is 0 Å². The fourth-order valence-corrected chi connectivity index (χ4v) is 14.2. The molecule has 0 rings (SSSR count). The smallest absolute Gasteiger partial charge is 0.462 e. The molecule has 0 fully saturated rings. The summed E-state index contributed by atoms with van der Waals surface area (Å²) >= 11 is 0. The summed E-state index contributed by atoms with van der Waals surface area (Å²) in [6, 6.07) is 0. The number of carbonyl (C=O) groups excluding carboxylic acids is 4. The second-order valence-corrected chi connectivity index (χ2v) is 33.8. The van der Waals surface area contributed by atoms with Crippen molar-refractivity contribution in [3.05, 3.63) is 0 Å². The number of hydrogen-bond acceptors (Lipinski definition) is 15. The number of rotatable bonds is 80. The van der Waals surface area contributed by atoms with Crippen molar-refractivity contribution < 1.29 is 80.2 Å². The zero-order valence-corrected chi connectivity index (χ0v) is 68.2. The predicted octanol–water partition coefficient (Wildman–Crippen LogP) is 24.5. The molecule has 0 saturated heterocycles. The summed E-state index contributed by atoms with van der Waals surface area (Å²) in [6.45, 7) is 12.0. The van der Waals surface area contributed by atoms with Gasteiger partial charge in [-0.1, -0.05) is 376 Å². The van der Waals surface area contributed by atoms with Crippen LogP contribution in [0, 0.1) is 17.8 Å². The van der Waals surface area contributed by atoms with Crippen molar-refractivity contribution in [2.24, 2.45) is 17.8 Å². The number of aliphatic hydroxyl groups excluding tert-OH is 1. The van der Waals surface area contributed by atoms with Gasteiger partial charge in [-0.2, -0.15) is 0 Å². The maximum atomic E-state index is 13.1. The van der Waals surface area contributed by atoms with Gasteiger partial charge < -0.3 is 33.8 Å². The number of unbranched alkanes of at least 4 members (excludes halogenated alkanes) is 48. The van der Waals surface area contributed by atoms with Crippen LogP contribution in [0.2, 0.25) is 0 Å². The van der Waals surface area contributed by atoms with Crippen LogP contribution in [0.4, 0.5) is 0 Å². The van der Waals surface area contributed by atoms with Crippen molar-refractivity contribution in [3.8, 4) is 0 Å². The Morgan fingerprint density at radius 1 is 0.267 bits per heavy atom. The van der Waals surface area contributed by atoms with E-state index in [9.17, 15) is 43.2 Å². The summed E-state index contributed by atoms with van der Waals surface area (Å²) in [4.78, 5) is 72.9. The quantitative estimate of drug-likeness (QED) is 0.0222. The number of phosphoric acid groups is 2. The van der Waals surface area contributed by atoms with Gasteiger partial charge in [0, 0.05) is 25.7 Å². The normalized spacial score (nSPS) is 14.0. The minimum atomic E-state index is -4.96. The van der Waals surface area contributed by atoms with Crippen molar-refractivity contribution >= 4 is 39.5 Å². The van der Waals surface area contributed by atoms with Gasteiger partial charge >= 0.3 is 39.5 Å². The first kappa shape index (κ1) is 99.1. The first-order chi connectivity index (χ1) is 48.7. The highest BCUT2D eigenvalue weighted by molar-refractivity contribution is 7.47. The number of ether oxygens (including phenoxy) is 4. The van der Waals surface area contributed by atoms with E-state index < -0.39 is 97.5 Å². The summed E-state index contributed by atoms with van der Waals surface area (Å²) in [5.41, 5.74) is 0. The van der Waals surface area contributed by atoms with Gasteiger partial charge in [-0.25, -0.2) is 9.13 Å². The molecule has 3 N–H and O–H groups in total. The molecule has 0 spiro atoms. The van der Waals surface area contributed by atoms with E-state index in [0.29, 0.717) is 25.7 Å². The molecule has 0 aliphatic carbocycles. The lowest BCUT2D eigenvalue weighted by molar-refractivity contribution is -0.161. The molecule has 17 nitrogen and oxygen atoms in total. The average molecular weight is 1480 g/mol. The van der Waals surface area contributed by atoms with Crippen molar-refractivity contribution in [3.63, 3.8) is 0 Å². The summed E-state index contributed by atoms with van der Waals surface area (Å²) in [7, 11) is -9.92. The Hall–Kier alpha value is -1.94. The summed E-state index contributed by atoms with van der Waals surface area (Å²) < 4.78 is 68.7. The minimum absolute atomic E-state index is 0.107. The Labute approximate surface area is 619 Å². The predicted molar refractivity (Wildman–Crippen MR) is 414 cm³/mol. The zero-order chi connectivity index (χ0) is 74.4. The van der Waals surface area contributed by atoms with E-state index in [4.69, 9.17) is 37.0 Å². The topological polar surface area (TPSA) is 237 Å². The maximum absolute atomic E-state index is 13.1. The molecule has 101 heavy (non-hydrogen) atoms. The highest BCUT2D eigenvalue weighted by Gasteiger charge is 2.30. The zero-order valence-electron chi connectivity index (χ0n) is 66.4. The van der Waals surface area contributed by atoms with Crippen LogP contribution in [0.15, 0.2) is 0 Å². The van der Waals surface area contributed by atoms with Crippen LogP contribution in [0.3, 0.4) is 0 Å². The molecule has 0 amide bonds. The third-order valence-corrected chi connectivity index (χ3v) is 21.0. The Balaban J connectivity index is 5.17. The monoisotopic (exact) mass is 1480 g/mol. The first-order valence-corrected chi connectivity index (χ1v) is 45.3. The molecular formula is C82H160O17P2. The number of esters is 4. The molecule has 0 heterocycles. The molecule has 5 atom stereocenters. The Kier molecular flexibility index (Phi) is 70.9. The van der Waals surface area contributed by atoms with Gasteiger partial charge in [0.15, 0.2) is 12.2 Å². The van der Waals surface area contributed by atoms with Crippen molar-refractivity contribution in [2.75, 3.05) is 39.6 Å². The number of aliphatic hydroxyl groups is 1. The van der Waals surface area contributed by atoms with Crippen LogP contribution in [0.25, 0.3) is 0 Å².